The fraction of sp³-hybridized carbons (Fsp3) is 0.421. The van der Waals surface area contributed by atoms with Crippen LogP contribution in [0.4, 0.5) is 0 Å². The maximum Gasteiger partial charge on any atom is 0.0454 e. The van der Waals surface area contributed by atoms with E-state index in [0.29, 0.717) is 23.7 Å². The van der Waals surface area contributed by atoms with Gasteiger partial charge < -0.3 is 0 Å². The highest BCUT2D eigenvalue weighted by Gasteiger charge is 2.56. The standard InChI is InChI=1S/C38H48/c1-9-29-18-22-32(23-19-29)38(31-16-14-13-15-17-31,33-24-20-30(10-2)21-25-33)26-35-28(7)37(8,12-4)36(27(5)6)34(35)11-3/h11,13-25,28,34-36H,3,5,9-10,12,26H2,1-2,4,6-8H3. The van der Waals surface area contributed by atoms with Gasteiger partial charge in [0.25, 0.3) is 0 Å². The second-order valence-electron chi connectivity index (χ2n) is 12.0. The van der Waals surface area contributed by atoms with Gasteiger partial charge in [0.1, 0.15) is 0 Å². The lowest BCUT2D eigenvalue weighted by Gasteiger charge is -2.41. The quantitative estimate of drug-likeness (QED) is 0.190. The minimum Gasteiger partial charge on any atom is -0.103 e. The number of rotatable bonds is 10. The predicted octanol–water partition coefficient (Wildman–Crippen LogP) is 10.2. The summed E-state index contributed by atoms with van der Waals surface area (Å²) in [5.74, 6) is 1.88. The second kappa shape index (κ2) is 11.5. The number of hydrogen-bond donors (Lipinski definition) is 0. The van der Waals surface area contributed by atoms with Crippen LogP contribution in [0.2, 0.25) is 0 Å². The van der Waals surface area contributed by atoms with Gasteiger partial charge in [0.2, 0.25) is 0 Å². The normalized spacial score (nSPS) is 25.3. The summed E-state index contributed by atoms with van der Waals surface area (Å²) in [5, 5.41) is 0. The molecular formula is C38H48. The van der Waals surface area contributed by atoms with Crippen LogP contribution in [-0.2, 0) is 18.3 Å². The van der Waals surface area contributed by atoms with E-state index in [0.717, 1.165) is 25.7 Å². The Morgan fingerprint density at radius 2 is 1.29 bits per heavy atom. The molecule has 0 aromatic heterocycles. The Morgan fingerprint density at radius 1 is 0.816 bits per heavy atom. The molecule has 4 rings (SSSR count). The van der Waals surface area contributed by atoms with E-state index >= 15 is 0 Å². The molecule has 200 valence electrons. The summed E-state index contributed by atoms with van der Waals surface area (Å²) >= 11 is 0. The van der Waals surface area contributed by atoms with Crippen LogP contribution in [0.15, 0.2) is 104 Å². The van der Waals surface area contributed by atoms with Gasteiger partial charge in [-0.1, -0.05) is 132 Å². The van der Waals surface area contributed by atoms with Gasteiger partial charge in [-0.25, -0.2) is 0 Å². The van der Waals surface area contributed by atoms with Gasteiger partial charge in [0, 0.05) is 5.41 Å². The monoisotopic (exact) mass is 504 g/mol. The first-order valence-corrected chi connectivity index (χ1v) is 14.8. The highest BCUT2D eigenvalue weighted by Crippen LogP contribution is 2.62. The first-order chi connectivity index (χ1) is 18.3. The lowest BCUT2D eigenvalue weighted by Crippen LogP contribution is -2.35. The van der Waals surface area contributed by atoms with Crippen molar-refractivity contribution in [2.45, 2.75) is 72.6 Å². The Bertz CT molecular complexity index is 1170. The molecule has 0 saturated heterocycles. The molecule has 0 aliphatic heterocycles. The van der Waals surface area contributed by atoms with Crippen LogP contribution in [0, 0.1) is 29.1 Å². The van der Waals surface area contributed by atoms with Crippen LogP contribution in [0.5, 0.6) is 0 Å². The summed E-state index contributed by atoms with van der Waals surface area (Å²) in [7, 11) is 0. The molecule has 1 aliphatic rings. The van der Waals surface area contributed by atoms with Gasteiger partial charge in [-0.15, -0.1) is 6.58 Å². The van der Waals surface area contributed by atoms with Crippen molar-refractivity contribution in [3.05, 3.63) is 131 Å². The molecular weight excluding hydrogens is 456 g/mol. The molecule has 5 atom stereocenters. The molecule has 3 aromatic rings. The third-order valence-corrected chi connectivity index (χ3v) is 10.4. The second-order valence-corrected chi connectivity index (χ2v) is 12.0. The third-order valence-electron chi connectivity index (χ3n) is 10.4. The molecule has 3 aromatic carbocycles. The summed E-state index contributed by atoms with van der Waals surface area (Å²) in [6.45, 7) is 23.0. The highest BCUT2D eigenvalue weighted by molar-refractivity contribution is 5.51. The van der Waals surface area contributed by atoms with Crippen molar-refractivity contribution in [1.82, 2.24) is 0 Å². The average molecular weight is 505 g/mol. The van der Waals surface area contributed by atoms with Crippen LogP contribution in [0.25, 0.3) is 0 Å². The molecule has 1 saturated carbocycles. The predicted molar refractivity (Wildman–Crippen MR) is 166 cm³/mol. The summed E-state index contributed by atoms with van der Waals surface area (Å²) in [5.41, 5.74) is 8.18. The van der Waals surface area contributed by atoms with Crippen molar-refractivity contribution in [1.29, 1.82) is 0 Å². The van der Waals surface area contributed by atoms with E-state index < -0.39 is 0 Å². The first kappa shape index (κ1) is 28.2. The summed E-state index contributed by atoms with van der Waals surface area (Å²) in [6.07, 6.45) is 6.57. The van der Waals surface area contributed by atoms with E-state index in [1.165, 1.54) is 33.4 Å². The topological polar surface area (TPSA) is 0 Å². The van der Waals surface area contributed by atoms with Crippen LogP contribution in [0.1, 0.15) is 82.2 Å². The molecule has 0 radical (unpaired) electrons. The van der Waals surface area contributed by atoms with Gasteiger partial charge in [0.05, 0.1) is 0 Å². The van der Waals surface area contributed by atoms with Crippen molar-refractivity contribution in [2.75, 3.05) is 0 Å². The third kappa shape index (κ3) is 4.72. The molecule has 1 aliphatic carbocycles. The van der Waals surface area contributed by atoms with Crippen LogP contribution in [-0.4, -0.2) is 0 Å². The lowest BCUT2D eigenvalue weighted by molar-refractivity contribution is 0.159. The molecule has 0 amide bonds. The van der Waals surface area contributed by atoms with Gasteiger partial charge in [-0.3, -0.25) is 0 Å². The Hall–Kier alpha value is -2.86. The Kier molecular flexibility index (Phi) is 8.51. The van der Waals surface area contributed by atoms with E-state index in [4.69, 9.17) is 0 Å². The van der Waals surface area contributed by atoms with Crippen LogP contribution < -0.4 is 0 Å². The molecule has 0 N–H and O–H groups in total. The van der Waals surface area contributed by atoms with E-state index in [-0.39, 0.29) is 10.8 Å². The van der Waals surface area contributed by atoms with E-state index in [9.17, 15) is 0 Å². The molecule has 0 spiro atoms. The van der Waals surface area contributed by atoms with Gasteiger partial charge >= 0.3 is 0 Å². The minimum atomic E-state index is -0.251. The number of aryl methyl sites for hydroxylation is 2. The fourth-order valence-corrected chi connectivity index (χ4v) is 7.83. The van der Waals surface area contributed by atoms with Crippen LogP contribution >= 0.6 is 0 Å². The largest absolute Gasteiger partial charge is 0.103 e. The summed E-state index contributed by atoms with van der Waals surface area (Å²) in [4.78, 5) is 0. The molecule has 1 fully saturated rings. The van der Waals surface area contributed by atoms with E-state index in [1.54, 1.807) is 0 Å². The smallest absolute Gasteiger partial charge is 0.0454 e. The average Bonchev–Trinajstić information content (AvgIpc) is 3.18. The van der Waals surface area contributed by atoms with E-state index in [1.807, 2.05) is 0 Å². The molecule has 5 unspecified atom stereocenters. The first-order valence-electron chi connectivity index (χ1n) is 14.8. The highest BCUT2D eigenvalue weighted by atomic mass is 14.6. The zero-order valence-corrected chi connectivity index (χ0v) is 24.6. The number of benzene rings is 3. The van der Waals surface area contributed by atoms with Gasteiger partial charge in [-0.05, 0) is 89.5 Å². The maximum absolute atomic E-state index is 4.51. The molecule has 0 nitrogen and oxygen atoms in total. The summed E-state index contributed by atoms with van der Waals surface area (Å²) < 4.78 is 0. The van der Waals surface area contributed by atoms with Crippen LogP contribution in [0.3, 0.4) is 0 Å². The Balaban J connectivity index is 1.99. The van der Waals surface area contributed by atoms with E-state index in [2.05, 4.69) is 140 Å². The molecule has 38 heavy (non-hydrogen) atoms. The Labute approximate surface area is 232 Å². The number of hydrogen-bond acceptors (Lipinski definition) is 0. The SMILES string of the molecule is C=CC1C(CC(c2ccccc2)(c2ccc(CC)cc2)c2ccc(CC)cc2)C(C)C(C)(CC)C1C(=C)C. The van der Waals surface area contributed by atoms with Gasteiger partial charge in [-0.2, -0.15) is 0 Å². The minimum absolute atomic E-state index is 0.204. The van der Waals surface area contributed by atoms with Crippen molar-refractivity contribution in [3.8, 4) is 0 Å². The lowest BCUT2D eigenvalue weighted by atomic mass is 9.62. The van der Waals surface area contributed by atoms with Crippen molar-refractivity contribution in [3.63, 3.8) is 0 Å². The zero-order valence-electron chi connectivity index (χ0n) is 24.6. The maximum atomic E-state index is 4.51. The molecule has 0 heteroatoms. The Morgan fingerprint density at radius 3 is 1.68 bits per heavy atom. The zero-order chi connectivity index (χ0) is 27.5. The fourth-order valence-electron chi connectivity index (χ4n) is 7.83. The molecule has 0 bridgehead atoms. The van der Waals surface area contributed by atoms with Gasteiger partial charge in [0.15, 0.2) is 0 Å². The van der Waals surface area contributed by atoms with Crippen molar-refractivity contribution >= 4 is 0 Å². The van der Waals surface area contributed by atoms with Crippen molar-refractivity contribution in [2.24, 2.45) is 29.1 Å². The molecule has 0 heterocycles. The summed E-state index contributed by atoms with van der Waals surface area (Å²) in [6, 6.07) is 30.2. The number of allylic oxidation sites excluding steroid dienone is 2. The van der Waals surface area contributed by atoms with Crippen molar-refractivity contribution < 1.29 is 0 Å².